The first-order valence-electron chi connectivity index (χ1n) is 14.1. The van der Waals surface area contributed by atoms with Gasteiger partial charge in [0.25, 0.3) is 0 Å². The largest absolute Gasteiger partial charge is 0.290 e. The van der Waals surface area contributed by atoms with E-state index in [1.807, 2.05) is 30.6 Å². The van der Waals surface area contributed by atoms with Crippen LogP contribution in [0.1, 0.15) is 0 Å². The number of rotatable bonds is 2. The lowest BCUT2D eigenvalue weighted by Gasteiger charge is -2.11. The lowest BCUT2D eigenvalue weighted by molar-refractivity contribution is 1.08. The average molecular weight is 586 g/mol. The van der Waals surface area contributed by atoms with E-state index in [1.165, 1.54) is 14.8 Å². The Hall–Kier alpha value is -5.24. The van der Waals surface area contributed by atoms with Gasteiger partial charge in [0.2, 0.25) is 0 Å². The van der Waals surface area contributed by atoms with Gasteiger partial charge in [-0.05, 0) is 18.2 Å². The van der Waals surface area contributed by atoms with Gasteiger partial charge in [-0.25, -0.2) is 9.97 Å². The molecule has 0 bridgehead atoms. The molecule has 0 amide bonds. The number of hydrogen-bond acceptors (Lipinski definition) is 6. The summed E-state index contributed by atoms with van der Waals surface area (Å²) >= 11 is 3.52. The molecule has 7 heteroatoms. The van der Waals surface area contributed by atoms with Crippen LogP contribution in [0.4, 0.5) is 0 Å². The van der Waals surface area contributed by atoms with E-state index in [0.29, 0.717) is 5.82 Å². The summed E-state index contributed by atoms with van der Waals surface area (Å²) in [4.78, 5) is 20.7. The Kier molecular flexibility index (Phi) is 4.69. The highest BCUT2D eigenvalue weighted by Crippen LogP contribution is 2.43. The van der Waals surface area contributed by atoms with Crippen LogP contribution < -0.4 is 0 Å². The van der Waals surface area contributed by atoms with Crippen molar-refractivity contribution in [3.05, 3.63) is 116 Å². The van der Waals surface area contributed by atoms with Crippen molar-refractivity contribution in [2.75, 3.05) is 0 Å². The molecule has 10 rings (SSSR count). The highest BCUT2D eigenvalue weighted by atomic mass is 32.1. The molecule has 43 heavy (non-hydrogen) atoms. The molecular weight excluding hydrogens is 567 g/mol. The second-order valence-electron chi connectivity index (χ2n) is 10.7. The lowest BCUT2D eigenvalue weighted by Crippen LogP contribution is -2.02. The van der Waals surface area contributed by atoms with E-state index in [2.05, 4.69) is 89.5 Å². The molecular formula is C36H19N5S2. The van der Waals surface area contributed by atoms with Crippen LogP contribution in [0.15, 0.2) is 116 Å². The van der Waals surface area contributed by atoms with Crippen LogP contribution in [-0.4, -0.2) is 24.5 Å². The number of hydrogen-bond donors (Lipinski definition) is 0. The SMILES string of the molecule is c1ccc(-c2nc(-n3c4ccccc4c4cnc5c(ncc6c7ccccc7sc65)c43)c3sc4ccccc4c3n2)cc1. The number of aromatic nitrogens is 5. The van der Waals surface area contributed by atoms with Gasteiger partial charge in [0.15, 0.2) is 11.6 Å². The quantitative estimate of drug-likeness (QED) is 0.203. The topological polar surface area (TPSA) is 56.5 Å². The second kappa shape index (κ2) is 8.64. The molecule has 6 heterocycles. The summed E-state index contributed by atoms with van der Waals surface area (Å²) in [6.07, 6.45) is 4.04. The molecule has 10 aromatic rings. The highest BCUT2D eigenvalue weighted by molar-refractivity contribution is 7.26. The summed E-state index contributed by atoms with van der Waals surface area (Å²) in [7, 11) is 0. The number of fused-ring (bicyclic) bond motifs is 12. The minimum atomic E-state index is 0.704. The van der Waals surface area contributed by atoms with Crippen molar-refractivity contribution < 1.29 is 0 Å². The van der Waals surface area contributed by atoms with Crippen LogP contribution >= 0.6 is 22.7 Å². The van der Waals surface area contributed by atoms with Crippen molar-refractivity contribution >= 4 is 96.0 Å². The van der Waals surface area contributed by atoms with Gasteiger partial charge in [-0.2, -0.15) is 0 Å². The highest BCUT2D eigenvalue weighted by Gasteiger charge is 2.23. The molecule has 0 aliphatic rings. The van der Waals surface area contributed by atoms with E-state index in [9.17, 15) is 0 Å². The molecule has 0 aliphatic carbocycles. The summed E-state index contributed by atoms with van der Waals surface area (Å²) < 4.78 is 6.94. The van der Waals surface area contributed by atoms with Crippen molar-refractivity contribution in [2.45, 2.75) is 0 Å². The first kappa shape index (κ1) is 23.3. The van der Waals surface area contributed by atoms with Crippen LogP contribution in [0, 0.1) is 0 Å². The molecule has 0 aliphatic heterocycles. The van der Waals surface area contributed by atoms with Gasteiger partial charge in [0, 0.05) is 54.3 Å². The minimum Gasteiger partial charge on any atom is -0.290 e. The molecule has 0 saturated carbocycles. The number of benzene rings is 4. The molecule has 6 aromatic heterocycles. The first-order chi connectivity index (χ1) is 21.3. The average Bonchev–Trinajstić information content (AvgIpc) is 3.74. The van der Waals surface area contributed by atoms with Crippen molar-refractivity contribution in [2.24, 2.45) is 0 Å². The van der Waals surface area contributed by atoms with Gasteiger partial charge in [-0.15, -0.1) is 22.7 Å². The predicted octanol–water partition coefficient (Wildman–Crippen LogP) is 9.92. The van der Waals surface area contributed by atoms with Gasteiger partial charge in [-0.3, -0.25) is 14.5 Å². The van der Waals surface area contributed by atoms with E-state index in [-0.39, 0.29) is 0 Å². The first-order valence-corrected chi connectivity index (χ1v) is 15.7. The Bertz CT molecular complexity index is 2740. The van der Waals surface area contributed by atoms with Gasteiger partial charge >= 0.3 is 0 Å². The Morgan fingerprint density at radius 3 is 2.00 bits per heavy atom. The summed E-state index contributed by atoms with van der Waals surface area (Å²) in [5.74, 6) is 1.57. The third-order valence-electron chi connectivity index (χ3n) is 8.30. The Morgan fingerprint density at radius 1 is 0.488 bits per heavy atom. The molecule has 0 fully saturated rings. The monoisotopic (exact) mass is 585 g/mol. The van der Waals surface area contributed by atoms with Gasteiger partial charge in [-0.1, -0.05) is 84.9 Å². The minimum absolute atomic E-state index is 0.704. The zero-order valence-corrected chi connectivity index (χ0v) is 24.2. The van der Waals surface area contributed by atoms with Gasteiger partial charge in [0.05, 0.1) is 25.9 Å². The summed E-state index contributed by atoms with van der Waals surface area (Å²) in [6.45, 7) is 0. The van der Waals surface area contributed by atoms with Crippen LogP contribution in [0.5, 0.6) is 0 Å². The third kappa shape index (κ3) is 3.20. The maximum absolute atomic E-state index is 5.33. The zero-order chi connectivity index (χ0) is 28.1. The third-order valence-corrected chi connectivity index (χ3v) is 10.7. The van der Waals surface area contributed by atoms with E-state index in [4.69, 9.17) is 19.9 Å². The summed E-state index contributed by atoms with van der Waals surface area (Å²) in [5.41, 5.74) is 5.83. The molecule has 0 radical (unpaired) electrons. The van der Waals surface area contributed by atoms with E-state index in [0.717, 1.165) is 69.9 Å². The molecule has 5 nitrogen and oxygen atoms in total. The smallest absolute Gasteiger partial charge is 0.162 e. The van der Waals surface area contributed by atoms with Crippen LogP contribution in [0.25, 0.3) is 90.5 Å². The molecule has 0 saturated heterocycles. The van der Waals surface area contributed by atoms with E-state index in [1.54, 1.807) is 22.7 Å². The van der Waals surface area contributed by atoms with Crippen LogP contribution in [-0.2, 0) is 0 Å². The fraction of sp³-hybridized carbons (Fsp3) is 0. The zero-order valence-electron chi connectivity index (χ0n) is 22.5. The molecule has 0 N–H and O–H groups in total. The normalized spacial score (nSPS) is 12.2. The van der Waals surface area contributed by atoms with E-state index >= 15 is 0 Å². The Labute approximate surface area is 252 Å². The van der Waals surface area contributed by atoms with Crippen LogP contribution in [0.3, 0.4) is 0 Å². The molecule has 200 valence electrons. The van der Waals surface area contributed by atoms with E-state index < -0.39 is 0 Å². The van der Waals surface area contributed by atoms with Gasteiger partial charge < -0.3 is 0 Å². The predicted molar refractivity (Wildman–Crippen MR) is 181 cm³/mol. The molecule has 0 atom stereocenters. The Morgan fingerprint density at radius 2 is 1.14 bits per heavy atom. The van der Waals surface area contributed by atoms with Crippen molar-refractivity contribution in [1.29, 1.82) is 0 Å². The summed E-state index contributed by atoms with van der Waals surface area (Å²) in [5, 5.41) is 5.68. The second-order valence-corrected chi connectivity index (χ2v) is 12.8. The van der Waals surface area contributed by atoms with Gasteiger partial charge in [0.1, 0.15) is 11.0 Å². The van der Waals surface area contributed by atoms with Crippen molar-refractivity contribution in [1.82, 2.24) is 24.5 Å². The number of thiophene rings is 2. The maximum Gasteiger partial charge on any atom is 0.162 e. The Balaban J connectivity index is 1.41. The molecule has 4 aromatic carbocycles. The maximum atomic E-state index is 5.33. The fourth-order valence-corrected chi connectivity index (χ4v) is 8.68. The molecule has 0 spiro atoms. The van der Waals surface area contributed by atoms with Crippen molar-refractivity contribution in [3.8, 4) is 17.2 Å². The fourth-order valence-electron chi connectivity index (χ4n) is 6.38. The standard InChI is InChI=1S/C36H19N5S2/c1-2-10-20(11-3-1)35-39-29-23-14-6-9-17-28(23)43-34(29)36(40-35)41-26-15-7-4-12-21(26)24-18-38-31-30(32(24)41)37-19-25-22-13-5-8-16-27(22)42-33(25)31/h1-19H. The summed E-state index contributed by atoms with van der Waals surface area (Å²) in [6, 6.07) is 35.8. The van der Waals surface area contributed by atoms with Crippen LogP contribution in [0.2, 0.25) is 0 Å². The number of nitrogens with zero attached hydrogens (tertiary/aromatic N) is 5. The molecule has 0 unspecified atom stereocenters. The van der Waals surface area contributed by atoms with Crippen molar-refractivity contribution in [3.63, 3.8) is 0 Å². The lowest BCUT2D eigenvalue weighted by atomic mass is 10.1. The number of para-hydroxylation sites is 1. The number of pyridine rings is 2.